The Morgan fingerprint density at radius 1 is 1.12 bits per heavy atom. The highest BCUT2D eigenvalue weighted by atomic mass is 16.1. The topological polar surface area (TPSA) is 17.1 Å². The van der Waals surface area contributed by atoms with Gasteiger partial charge in [0.15, 0.2) is 0 Å². The van der Waals surface area contributed by atoms with E-state index in [4.69, 9.17) is 6.42 Å². The molecule has 4 aliphatic rings. The van der Waals surface area contributed by atoms with Gasteiger partial charge in [-0.2, -0.15) is 0 Å². The molecule has 0 amide bonds. The Balaban J connectivity index is 2.05. The molecule has 0 radical (unpaired) electrons. The lowest BCUT2D eigenvalue weighted by molar-refractivity contribution is -0.163. The fourth-order valence-electron chi connectivity index (χ4n) is 5.85. The second kappa shape index (κ2) is 2.73. The van der Waals surface area contributed by atoms with Crippen LogP contribution in [0.4, 0.5) is 0 Å². The largest absolute Gasteiger partial charge is 0.284 e. The molecule has 0 aromatic carbocycles. The average molecular weight is 216 g/mol. The van der Waals surface area contributed by atoms with Crippen molar-refractivity contribution in [2.75, 3.05) is 0 Å². The van der Waals surface area contributed by atoms with Crippen molar-refractivity contribution < 1.29 is 4.79 Å². The van der Waals surface area contributed by atoms with Gasteiger partial charge in [-0.05, 0) is 61.2 Å². The second-order valence-electron chi connectivity index (χ2n) is 7.38. The van der Waals surface area contributed by atoms with Gasteiger partial charge >= 0.3 is 0 Å². The number of terminal acetylenes is 1. The maximum absolute atomic E-state index is 12.1. The lowest BCUT2D eigenvalue weighted by Crippen LogP contribution is -2.57. The Kier molecular flexibility index (Phi) is 1.77. The van der Waals surface area contributed by atoms with Gasteiger partial charge in [-0.15, -0.1) is 6.42 Å². The summed E-state index contributed by atoms with van der Waals surface area (Å²) >= 11 is 0. The van der Waals surface area contributed by atoms with Crippen LogP contribution in [0.5, 0.6) is 0 Å². The van der Waals surface area contributed by atoms with Crippen molar-refractivity contribution in [2.24, 2.45) is 22.2 Å². The number of carbonyl (C=O) groups is 1. The van der Waals surface area contributed by atoms with Crippen LogP contribution in [0.2, 0.25) is 0 Å². The molecule has 0 heterocycles. The van der Waals surface area contributed by atoms with Crippen molar-refractivity contribution >= 4 is 5.78 Å². The van der Waals surface area contributed by atoms with Gasteiger partial charge in [-0.3, -0.25) is 4.79 Å². The molecule has 2 atom stereocenters. The van der Waals surface area contributed by atoms with Crippen LogP contribution >= 0.6 is 0 Å². The molecule has 16 heavy (non-hydrogen) atoms. The number of rotatable bonds is 1. The first kappa shape index (κ1) is 10.4. The summed E-state index contributed by atoms with van der Waals surface area (Å²) in [5.74, 6) is 3.26. The molecule has 1 heteroatoms. The van der Waals surface area contributed by atoms with E-state index in [0.29, 0.717) is 10.8 Å². The van der Waals surface area contributed by atoms with E-state index in [1.165, 1.54) is 19.3 Å². The van der Waals surface area contributed by atoms with Gasteiger partial charge in [-0.1, -0.05) is 13.8 Å². The minimum atomic E-state index is -0.141. The van der Waals surface area contributed by atoms with E-state index in [0.717, 1.165) is 25.2 Å². The van der Waals surface area contributed by atoms with E-state index in [2.05, 4.69) is 19.8 Å². The van der Waals surface area contributed by atoms with Crippen molar-refractivity contribution in [3.05, 3.63) is 0 Å². The second-order valence-corrected chi connectivity index (χ2v) is 7.38. The van der Waals surface area contributed by atoms with Gasteiger partial charge < -0.3 is 0 Å². The smallest absolute Gasteiger partial charge is 0.211 e. The van der Waals surface area contributed by atoms with E-state index < -0.39 is 0 Å². The van der Waals surface area contributed by atoms with Crippen molar-refractivity contribution in [1.82, 2.24) is 0 Å². The predicted octanol–water partition coefficient (Wildman–Crippen LogP) is 3.19. The van der Waals surface area contributed by atoms with Crippen LogP contribution in [-0.2, 0) is 4.79 Å². The molecule has 4 fully saturated rings. The number of carbonyl (C=O) groups excluding carboxylic acids is 1. The first-order valence-electron chi connectivity index (χ1n) is 6.40. The van der Waals surface area contributed by atoms with Crippen molar-refractivity contribution in [3.63, 3.8) is 0 Å². The molecular weight excluding hydrogens is 196 g/mol. The van der Waals surface area contributed by atoms with Gasteiger partial charge in [0.1, 0.15) is 0 Å². The summed E-state index contributed by atoms with van der Waals surface area (Å²) in [6.45, 7) is 4.74. The molecule has 86 valence electrons. The van der Waals surface area contributed by atoms with Crippen LogP contribution < -0.4 is 0 Å². The average Bonchev–Trinajstić information content (AvgIpc) is 2.10. The van der Waals surface area contributed by atoms with Gasteiger partial charge in [-0.25, -0.2) is 0 Å². The van der Waals surface area contributed by atoms with E-state index in [1.54, 1.807) is 0 Å². The molecule has 4 bridgehead atoms. The van der Waals surface area contributed by atoms with E-state index in [-0.39, 0.29) is 11.2 Å². The molecule has 2 unspecified atom stereocenters. The van der Waals surface area contributed by atoms with Crippen molar-refractivity contribution in [1.29, 1.82) is 0 Å². The molecule has 0 spiro atoms. The first-order chi connectivity index (χ1) is 7.39. The summed E-state index contributed by atoms with van der Waals surface area (Å²) in [7, 11) is 0. The predicted molar refractivity (Wildman–Crippen MR) is 63.7 cm³/mol. The molecule has 4 rings (SSSR count). The zero-order valence-electron chi connectivity index (χ0n) is 10.3. The van der Waals surface area contributed by atoms with Crippen molar-refractivity contribution in [3.8, 4) is 12.3 Å². The SMILES string of the molecule is C#CC(=O)C12CC3CC(C)(CC(C)(C3)C1)C2. The van der Waals surface area contributed by atoms with Crippen LogP contribution in [0.15, 0.2) is 0 Å². The highest BCUT2D eigenvalue weighted by molar-refractivity contribution is 6.00. The molecule has 4 aliphatic carbocycles. The zero-order chi connectivity index (χ0) is 11.6. The monoisotopic (exact) mass is 216 g/mol. The molecule has 0 saturated heterocycles. The van der Waals surface area contributed by atoms with Gasteiger partial charge in [0.2, 0.25) is 5.78 Å². The van der Waals surface area contributed by atoms with E-state index >= 15 is 0 Å². The number of hydrogen-bond donors (Lipinski definition) is 0. The maximum Gasteiger partial charge on any atom is 0.211 e. The Bertz CT molecular complexity index is 382. The van der Waals surface area contributed by atoms with Crippen LogP contribution in [0.1, 0.15) is 52.4 Å². The number of Topliss-reactive ketones (excluding diaryl/α,β-unsaturated/α-hetero) is 1. The molecule has 1 nitrogen and oxygen atoms in total. The molecule has 0 aromatic heterocycles. The molecular formula is C15H20O. The summed E-state index contributed by atoms with van der Waals surface area (Å²) in [4.78, 5) is 12.1. The highest BCUT2D eigenvalue weighted by Gasteiger charge is 2.62. The Morgan fingerprint density at radius 2 is 1.69 bits per heavy atom. The fraction of sp³-hybridized carbons (Fsp3) is 0.800. The van der Waals surface area contributed by atoms with Gasteiger partial charge in [0, 0.05) is 5.41 Å². The third kappa shape index (κ3) is 1.22. The fourth-order valence-corrected chi connectivity index (χ4v) is 5.85. The third-order valence-electron chi connectivity index (χ3n) is 5.24. The molecule has 0 aromatic rings. The summed E-state index contributed by atoms with van der Waals surface area (Å²) in [5, 5.41) is 0. The van der Waals surface area contributed by atoms with Gasteiger partial charge in [0.25, 0.3) is 0 Å². The van der Waals surface area contributed by atoms with E-state index in [9.17, 15) is 4.79 Å². The molecule has 4 saturated carbocycles. The lowest BCUT2D eigenvalue weighted by Gasteiger charge is -2.64. The van der Waals surface area contributed by atoms with Crippen molar-refractivity contribution in [2.45, 2.75) is 52.4 Å². The van der Waals surface area contributed by atoms with Crippen LogP contribution in [0, 0.1) is 34.5 Å². The Hall–Kier alpha value is -0.770. The minimum Gasteiger partial charge on any atom is -0.284 e. The van der Waals surface area contributed by atoms with Gasteiger partial charge in [0.05, 0.1) is 0 Å². The first-order valence-corrected chi connectivity index (χ1v) is 6.40. The summed E-state index contributed by atoms with van der Waals surface area (Å²) in [6, 6.07) is 0. The normalized spacial score (nSPS) is 53.7. The third-order valence-corrected chi connectivity index (χ3v) is 5.24. The lowest BCUT2D eigenvalue weighted by atomic mass is 9.39. The quantitative estimate of drug-likeness (QED) is 0.486. The number of ketones is 1. The summed E-state index contributed by atoms with van der Waals surface area (Å²) < 4.78 is 0. The van der Waals surface area contributed by atoms with Crippen LogP contribution in [-0.4, -0.2) is 5.78 Å². The Labute approximate surface area is 98.0 Å². The Morgan fingerprint density at radius 3 is 2.12 bits per heavy atom. The molecule has 0 aliphatic heterocycles. The summed E-state index contributed by atoms with van der Waals surface area (Å²) in [6.07, 6.45) is 12.5. The van der Waals surface area contributed by atoms with Crippen LogP contribution in [0.3, 0.4) is 0 Å². The zero-order valence-corrected chi connectivity index (χ0v) is 10.3. The standard InChI is InChI=1S/C15H20O/c1-4-12(16)15-7-11-5-13(2,9-15)8-14(3,6-11)10-15/h1,11H,5-10H2,2-3H3. The summed E-state index contributed by atoms with van der Waals surface area (Å²) in [5.41, 5.74) is 0.638. The van der Waals surface area contributed by atoms with E-state index in [1.807, 2.05) is 0 Å². The minimum absolute atomic E-state index is 0.0917. The highest BCUT2D eigenvalue weighted by Crippen LogP contribution is 2.69. The number of hydrogen-bond acceptors (Lipinski definition) is 1. The van der Waals surface area contributed by atoms with Crippen LogP contribution in [0.25, 0.3) is 0 Å². The molecule has 0 N–H and O–H groups in total. The maximum atomic E-state index is 12.1.